The number of nitrogens with one attached hydrogen (secondary N) is 2. The predicted octanol–water partition coefficient (Wildman–Crippen LogP) is 1.69. The van der Waals surface area contributed by atoms with Crippen molar-refractivity contribution >= 4 is 0 Å². The molecular formula is C13H16FN3O. The van der Waals surface area contributed by atoms with E-state index in [4.69, 9.17) is 5.11 Å². The number of aliphatic hydroxyl groups excluding tert-OH is 1. The van der Waals surface area contributed by atoms with Crippen LogP contribution in [0.1, 0.15) is 12.5 Å². The molecule has 0 radical (unpaired) electrons. The summed E-state index contributed by atoms with van der Waals surface area (Å²) in [6.07, 6.45) is 1.73. The van der Waals surface area contributed by atoms with Crippen LogP contribution >= 0.6 is 0 Å². The standard InChI is InChI=1S/C13H16FN3O/c1-9(8-18)15-6-11-7-16-17-13(11)10-2-4-12(14)5-3-10/h2-5,7,9,15,18H,6,8H2,1H3,(H,16,17). The van der Waals surface area contributed by atoms with Gasteiger partial charge in [0, 0.05) is 23.7 Å². The highest BCUT2D eigenvalue weighted by molar-refractivity contribution is 5.62. The molecule has 5 heteroatoms. The SMILES string of the molecule is CC(CO)NCc1cn[nH]c1-c1ccc(F)cc1. The van der Waals surface area contributed by atoms with Crippen molar-refractivity contribution in [3.63, 3.8) is 0 Å². The van der Waals surface area contributed by atoms with Gasteiger partial charge in [-0.1, -0.05) is 0 Å². The van der Waals surface area contributed by atoms with Crippen molar-refractivity contribution in [2.75, 3.05) is 6.61 Å². The van der Waals surface area contributed by atoms with Crippen LogP contribution in [0, 0.1) is 5.82 Å². The second-order valence-corrected chi connectivity index (χ2v) is 4.24. The Morgan fingerprint density at radius 1 is 1.39 bits per heavy atom. The fourth-order valence-corrected chi connectivity index (χ4v) is 1.66. The lowest BCUT2D eigenvalue weighted by Crippen LogP contribution is -2.28. The van der Waals surface area contributed by atoms with Crippen molar-refractivity contribution in [1.82, 2.24) is 15.5 Å². The lowest BCUT2D eigenvalue weighted by molar-refractivity contribution is 0.251. The molecule has 2 rings (SSSR count). The fraction of sp³-hybridized carbons (Fsp3) is 0.308. The first kappa shape index (κ1) is 12.7. The largest absolute Gasteiger partial charge is 0.395 e. The summed E-state index contributed by atoms with van der Waals surface area (Å²) in [7, 11) is 0. The Morgan fingerprint density at radius 3 is 2.78 bits per heavy atom. The van der Waals surface area contributed by atoms with Gasteiger partial charge in [-0.2, -0.15) is 5.10 Å². The van der Waals surface area contributed by atoms with E-state index in [9.17, 15) is 4.39 Å². The lowest BCUT2D eigenvalue weighted by atomic mass is 10.1. The number of benzene rings is 1. The third kappa shape index (κ3) is 2.94. The molecule has 0 spiro atoms. The van der Waals surface area contributed by atoms with E-state index >= 15 is 0 Å². The van der Waals surface area contributed by atoms with Gasteiger partial charge in [-0.3, -0.25) is 5.10 Å². The van der Waals surface area contributed by atoms with Gasteiger partial charge in [-0.15, -0.1) is 0 Å². The van der Waals surface area contributed by atoms with Crippen LogP contribution in [0.25, 0.3) is 11.3 Å². The zero-order valence-corrected chi connectivity index (χ0v) is 10.2. The van der Waals surface area contributed by atoms with Crippen LogP contribution in [-0.2, 0) is 6.54 Å². The van der Waals surface area contributed by atoms with E-state index < -0.39 is 0 Å². The highest BCUT2D eigenvalue weighted by Gasteiger charge is 2.08. The molecule has 2 aromatic rings. The zero-order chi connectivity index (χ0) is 13.0. The van der Waals surface area contributed by atoms with Gasteiger partial charge in [0.2, 0.25) is 0 Å². The minimum atomic E-state index is -0.258. The molecule has 1 unspecified atom stereocenters. The normalized spacial score (nSPS) is 12.6. The van der Waals surface area contributed by atoms with Gasteiger partial charge >= 0.3 is 0 Å². The molecule has 0 aliphatic heterocycles. The molecule has 1 aromatic heterocycles. The molecule has 0 amide bonds. The molecule has 0 bridgehead atoms. The van der Waals surface area contributed by atoms with E-state index in [-0.39, 0.29) is 18.5 Å². The maximum Gasteiger partial charge on any atom is 0.123 e. The molecule has 3 N–H and O–H groups in total. The van der Waals surface area contributed by atoms with Crippen LogP contribution in [0.15, 0.2) is 30.5 Å². The number of hydrogen-bond donors (Lipinski definition) is 3. The van der Waals surface area contributed by atoms with Gasteiger partial charge < -0.3 is 10.4 Å². The van der Waals surface area contributed by atoms with E-state index in [2.05, 4.69) is 15.5 Å². The number of nitrogens with zero attached hydrogens (tertiary/aromatic N) is 1. The van der Waals surface area contributed by atoms with Crippen LogP contribution in [0.5, 0.6) is 0 Å². The number of rotatable bonds is 5. The van der Waals surface area contributed by atoms with Crippen molar-refractivity contribution < 1.29 is 9.50 Å². The molecule has 18 heavy (non-hydrogen) atoms. The minimum Gasteiger partial charge on any atom is -0.395 e. The van der Waals surface area contributed by atoms with Gasteiger partial charge in [0.1, 0.15) is 5.82 Å². The Morgan fingerprint density at radius 2 is 2.11 bits per heavy atom. The molecule has 1 aromatic carbocycles. The number of aromatic nitrogens is 2. The van der Waals surface area contributed by atoms with Gasteiger partial charge in [0.15, 0.2) is 0 Å². The van der Waals surface area contributed by atoms with Gasteiger partial charge in [-0.25, -0.2) is 4.39 Å². The van der Waals surface area contributed by atoms with Crippen LogP contribution in [0.4, 0.5) is 4.39 Å². The van der Waals surface area contributed by atoms with Crippen LogP contribution < -0.4 is 5.32 Å². The Hall–Kier alpha value is -1.72. The quantitative estimate of drug-likeness (QED) is 0.755. The summed E-state index contributed by atoms with van der Waals surface area (Å²) in [6.45, 7) is 2.59. The summed E-state index contributed by atoms with van der Waals surface area (Å²) in [4.78, 5) is 0. The molecule has 0 aliphatic carbocycles. The summed E-state index contributed by atoms with van der Waals surface area (Å²) in [5, 5.41) is 19.0. The minimum absolute atomic E-state index is 0.0287. The third-order valence-corrected chi connectivity index (χ3v) is 2.77. The van der Waals surface area contributed by atoms with Crippen molar-refractivity contribution in [2.45, 2.75) is 19.5 Å². The Bertz CT molecular complexity index is 495. The van der Waals surface area contributed by atoms with Crippen molar-refractivity contribution in [3.05, 3.63) is 41.8 Å². The van der Waals surface area contributed by atoms with Crippen molar-refractivity contribution in [2.24, 2.45) is 0 Å². The fourth-order valence-electron chi connectivity index (χ4n) is 1.66. The first-order chi connectivity index (χ1) is 8.70. The van der Waals surface area contributed by atoms with Crippen LogP contribution in [0.2, 0.25) is 0 Å². The maximum absolute atomic E-state index is 12.9. The molecule has 0 saturated carbocycles. The first-order valence-corrected chi connectivity index (χ1v) is 5.83. The van der Waals surface area contributed by atoms with Crippen LogP contribution in [-0.4, -0.2) is 28.0 Å². The second-order valence-electron chi connectivity index (χ2n) is 4.24. The molecule has 4 nitrogen and oxygen atoms in total. The Kier molecular flexibility index (Phi) is 4.07. The number of H-pyrrole nitrogens is 1. The molecule has 0 saturated heterocycles. The first-order valence-electron chi connectivity index (χ1n) is 5.83. The van der Waals surface area contributed by atoms with E-state index in [0.29, 0.717) is 6.54 Å². The van der Waals surface area contributed by atoms with E-state index in [0.717, 1.165) is 16.8 Å². The van der Waals surface area contributed by atoms with Gasteiger partial charge in [-0.05, 0) is 31.2 Å². The molecule has 0 aliphatic rings. The summed E-state index contributed by atoms with van der Waals surface area (Å²) in [5.74, 6) is -0.258. The van der Waals surface area contributed by atoms with Gasteiger partial charge in [0.25, 0.3) is 0 Å². The molecular weight excluding hydrogens is 233 g/mol. The topological polar surface area (TPSA) is 60.9 Å². The number of halogens is 1. The summed E-state index contributed by atoms with van der Waals surface area (Å²) >= 11 is 0. The highest BCUT2D eigenvalue weighted by atomic mass is 19.1. The van der Waals surface area contributed by atoms with E-state index in [1.807, 2.05) is 6.92 Å². The summed E-state index contributed by atoms with van der Waals surface area (Å²) in [6, 6.07) is 6.29. The average molecular weight is 249 g/mol. The molecule has 1 heterocycles. The molecule has 0 fully saturated rings. The highest BCUT2D eigenvalue weighted by Crippen LogP contribution is 2.21. The van der Waals surface area contributed by atoms with E-state index in [1.54, 1.807) is 18.3 Å². The lowest BCUT2D eigenvalue weighted by Gasteiger charge is -2.10. The Labute approximate surface area is 105 Å². The maximum atomic E-state index is 12.9. The summed E-state index contributed by atoms with van der Waals surface area (Å²) in [5.41, 5.74) is 2.75. The monoisotopic (exact) mass is 249 g/mol. The van der Waals surface area contributed by atoms with Crippen molar-refractivity contribution in [1.29, 1.82) is 0 Å². The summed E-state index contributed by atoms with van der Waals surface area (Å²) < 4.78 is 12.9. The third-order valence-electron chi connectivity index (χ3n) is 2.77. The van der Waals surface area contributed by atoms with Gasteiger partial charge in [0.05, 0.1) is 18.5 Å². The number of hydrogen-bond acceptors (Lipinski definition) is 3. The molecule has 96 valence electrons. The number of aromatic amines is 1. The Balaban J connectivity index is 2.14. The van der Waals surface area contributed by atoms with Crippen LogP contribution in [0.3, 0.4) is 0 Å². The number of aliphatic hydroxyl groups is 1. The predicted molar refractivity (Wildman–Crippen MR) is 67.4 cm³/mol. The molecule has 1 atom stereocenters. The average Bonchev–Trinajstić information content (AvgIpc) is 2.85. The second kappa shape index (κ2) is 5.75. The van der Waals surface area contributed by atoms with E-state index in [1.165, 1.54) is 12.1 Å². The zero-order valence-electron chi connectivity index (χ0n) is 10.2. The smallest absolute Gasteiger partial charge is 0.123 e. The van der Waals surface area contributed by atoms with Crippen molar-refractivity contribution in [3.8, 4) is 11.3 Å².